The molecule has 5 nitrogen and oxygen atoms in total. The van der Waals surface area contributed by atoms with Gasteiger partial charge in [-0.1, -0.05) is 0 Å². The SMILES string of the molecule is C/C(C(=O)O)=C(/C)C(=O)Nc1ccc(C#N)c(Br)c1. The van der Waals surface area contributed by atoms with E-state index in [1.807, 2.05) is 6.07 Å². The number of carbonyl (C=O) groups excluding carboxylic acids is 1. The first kappa shape index (κ1) is 14.9. The summed E-state index contributed by atoms with van der Waals surface area (Å²) in [7, 11) is 0. The first-order valence-corrected chi connectivity index (χ1v) is 6.08. The number of hydrogen-bond donors (Lipinski definition) is 2. The van der Waals surface area contributed by atoms with Crippen molar-refractivity contribution < 1.29 is 14.7 Å². The number of amides is 1. The molecule has 0 aliphatic carbocycles. The summed E-state index contributed by atoms with van der Waals surface area (Å²) in [6.07, 6.45) is 0. The van der Waals surface area contributed by atoms with Crippen molar-refractivity contribution in [3.8, 4) is 6.07 Å². The minimum atomic E-state index is -1.13. The molecule has 1 aromatic rings. The number of rotatable bonds is 3. The number of halogens is 1. The van der Waals surface area contributed by atoms with Gasteiger partial charge in [-0.15, -0.1) is 0 Å². The Kier molecular flexibility index (Phi) is 4.84. The summed E-state index contributed by atoms with van der Waals surface area (Å²) in [5.74, 6) is -1.62. The Morgan fingerprint density at radius 1 is 1.32 bits per heavy atom. The first-order chi connectivity index (χ1) is 8.86. The molecule has 1 aromatic carbocycles. The van der Waals surface area contributed by atoms with Crippen molar-refractivity contribution >= 4 is 33.5 Å². The fraction of sp³-hybridized carbons (Fsp3) is 0.154. The Morgan fingerprint density at radius 2 is 1.95 bits per heavy atom. The minimum absolute atomic E-state index is 0.00906. The Labute approximate surface area is 118 Å². The molecule has 6 heteroatoms. The van der Waals surface area contributed by atoms with Crippen LogP contribution in [0.3, 0.4) is 0 Å². The van der Waals surface area contributed by atoms with Crippen LogP contribution in [0.5, 0.6) is 0 Å². The van der Waals surface area contributed by atoms with E-state index in [-0.39, 0.29) is 11.1 Å². The standard InChI is InChI=1S/C13H11BrN2O3/c1-7(8(2)13(18)19)12(17)16-10-4-3-9(6-15)11(14)5-10/h3-5H,1-2H3,(H,16,17)(H,18,19)/b8-7+. The molecular weight excluding hydrogens is 312 g/mol. The van der Waals surface area contributed by atoms with Crippen molar-refractivity contribution in [2.75, 3.05) is 5.32 Å². The van der Waals surface area contributed by atoms with E-state index < -0.39 is 11.9 Å². The summed E-state index contributed by atoms with van der Waals surface area (Å²) >= 11 is 3.21. The summed E-state index contributed by atoms with van der Waals surface area (Å²) in [5, 5.41) is 20.1. The second kappa shape index (κ2) is 6.16. The number of nitriles is 1. The van der Waals surface area contributed by atoms with Gasteiger partial charge in [-0.3, -0.25) is 4.79 Å². The van der Waals surface area contributed by atoms with Gasteiger partial charge in [-0.2, -0.15) is 5.26 Å². The molecule has 0 aromatic heterocycles. The lowest BCUT2D eigenvalue weighted by molar-refractivity contribution is -0.133. The summed E-state index contributed by atoms with van der Waals surface area (Å²) in [5.41, 5.74) is 1.05. The summed E-state index contributed by atoms with van der Waals surface area (Å²) in [6.45, 7) is 2.81. The highest BCUT2D eigenvalue weighted by Crippen LogP contribution is 2.21. The van der Waals surface area contributed by atoms with Crippen molar-refractivity contribution in [1.29, 1.82) is 5.26 Å². The fourth-order valence-electron chi connectivity index (χ4n) is 1.24. The Morgan fingerprint density at radius 3 is 2.42 bits per heavy atom. The molecular formula is C13H11BrN2O3. The molecule has 19 heavy (non-hydrogen) atoms. The molecule has 0 heterocycles. The zero-order valence-corrected chi connectivity index (χ0v) is 11.9. The van der Waals surface area contributed by atoms with Crippen molar-refractivity contribution in [3.05, 3.63) is 39.4 Å². The maximum Gasteiger partial charge on any atom is 0.331 e. The number of carbonyl (C=O) groups is 2. The van der Waals surface area contributed by atoms with Crippen LogP contribution in [0.25, 0.3) is 0 Å². The molecule has 0 saturated carbocycles. The van der Waals surface area contributed by atoms with Crippen LogP contribution in [0.1, 0.15) is 19.4 Å². The number of nitrogens with zero attached hydrogens (tertiary/aromatic N) is 1. The molecule has 0 spiro atoms. The zero-order chi connectivity index (χ0) is 14.6. The van der Waals surface area contributed by atoms with E-state index in [0.29, 0.717) is 15.7 Å². The number of carboxylic acid groups (broad SMARTS) is 1. The molecule has 0 bridgehead atoms. The van der Waals surface area contributed by atoms with E-state index in [1.54, 1.807) is 18.2 Å². The molecule has 0 aliphatic rings. The van der Waals surface area contributed by atoms with Crippen molar-refractivity contribution in [2.45, 2.75) is 13.8 Å². The molecule has 1 amide bonds. The Bertz CT molecular complexity index is 615. The lowest BCUT2D eigenvalue weighted by Gasteiger charge is -2.07. The van der Waals surface area contributed by atoms with Gasteiger partial charge in [-0.05, 0) is 48.0 Å². The topological polar surface area (TPSA) is 90.2 Å². The lowest BCUT2D eigenvalue weighted by atomic mass is 10.1. The van der Waals surface area contributed by atoms with Gasteiger partial charge in [0, 0.05) is 21.3 Å². The zero-order valence-electron chi connectivity index (χ0n) is 10.3. The number of benzene rings is 1. The number of hydrogen-bond acceptors (Lipinski definition) is 3. The molecule has 98 valence electrons. The van der Waals surface area contributed by atoms with Gasteiger partial charge in [0.1, 0.15) is 6.07 Å². The number of nitrogens with one attached hydrogen (secondary N) is 1. The number of carboxylic acids is 1. The normalized spacial score (nSPS) is 11.3. The summed E-state index contributed by atoms with van der Waals surface area (Å²) in [6, 6.07) is 6.70. The van der Waals surface area contributed by atoms with E-state index in [2.05, 4.69) is 21.2 Å². The number of anilines is 1. The van der Waals surface area contributed by atoms with Gasteiger partial charge in [-0.25, -0.2) is 4.79 Å². The smallest absolute Gasteiger partial charge is 0.331 e. The second-order valence-electron chi connectivity index (χ2n) is 3.82. The van der Waals surface area contributed by atoms with E-state index in [0.717, 1.165) is 0 Å². The summed E-state index contributed by atoms with van der Waals surface area (Å²) in [4.78, 5) is 22.6. The van der Waals surface area contributed by atoms with Gasteiger partial charge in [0.2, 0.25) is 0 Å². The molecule has 0 fully saturated rings. The number of aliphatic carboxylic acids is 1. The van der Waals surface area contributed by atoms with Crippen LogP contribution in [-0.2, 0) is 9.59 Å². The second-order valence-corrected chi connectivity index (χ2v) is 4.67. The van der Waals surface area contributed by atoms with Gasteiger partial charge >= 0.3 is 5.97 Å². The average molecular weight is 323 g/mol. The van der Waals surface area contributed by atoms with Crippen LogP contribution < -0.4 is 5.32 Å². The minimum Gasteiger partial charge on any atom is -0.478 e. The molecule has 0 aliphatic heterocycles. The highest BCUT2D eigenvalue weighted by atomic mass is 79.9. The van der Waals surface area contributed by atoms with Crippen LogP contribution in [-0.4, -0.2) is 17.0 Å². The van der Waals surface area contributed by atoms with Crippen LogP contribution in [0.15, 0.2) is 33.8 Å². The predicted octanol–water partition coefficient (Wildman–Crippen LogP) is 2.68. The van der Waals surface area contributed by atoms with E-state index >= 15 is 0 Å². The van der Waals surface area contributed by atoms with E-state index in [1.165, 1.54) is 13.8 Å². The molecule has 2 N–H and O–H groups in total. The highest BCUT2D eigenvalue weighted by Gasteiger charge is 2.13. The Hall–Kier alpha value is -2.13. The van der Waals surface area contributed by atoms with Crippen LogP contribution >= 0.6 is 15.9 Å². The maximum atomic E-state index is 11.8. The van der Waals surface area contributed by atoms with Gasteiger partial charge in [0.25, 0.3) is 5.91 Å². The highest BCUT2D eigenvalue weighted by molar-refractivity contribution is 9.10. The van der Waals surface area contributed by atoms with Crippen LogP contribution in [0.2, 0.25) is 0 Å². The third-order valence-electron chi connectivity index (χ3n) is 2.57. The molecule has 0 saturated heterocycles. The molecule has 0 unspecified atom stereocenters. The fourth-order valence-corrected chi connectivity index (χ4v) is 1.71. The van der Waals surface area contributed by atoms with Crippen molar-refractivity contribution in [1.82, 2.24) is 0 Å². The summed E-state index contributed by atoms with van der Waals surface area (Å²) < 4.78 is 0.560. The molecule has 0 radical (unpaired) electrons. The Balaban J connectivity index is 2.96. The maximum absolute atomic E-state index is 11.8. The van der Waals surface area contributed by atoms with E-state index in [4.69, 9.17) is 10.4 Å². The largest absolute Gasteiger partial charge is 0.478 e. The molecule has 0 atom stereocenters. The van der Waals surface area contributed by atoms with Gasteiger partial charge < -0.3 is 10.4 Å². The third-order valence-corrected chi connectivity index (χ3v) is 3.23. The third kappa shape index (κ3) is 3.66. The van der Waals surface area contributed by atoms with Crippen LogP contribution in [0.4, 0.5) is 5.69 Å². The van der Waals surface area contributed by atoms with Crippen molar-refractivity contribution in [3.63, 3.8) is 0 Å². The van der Waals surface area contributed by atoms with Gasteiger partial charge in [0.15, 0.2) is 0 Å². The average Bonchev–Trinajstić information content (AvgIpc) is 2.37. The van der Waals surface area contributed by atoms with Gasteiger partial charge in [0.05, 0.1) is 5.56 Å². The monoisotopic (exact) mass is 322 g/mol. The van der Waals surface area contributed by atoms with Crippen LogP contribution in [0, 0.1) is 11.3 Å². The van der Waals surface area contributed by atoms with E-state index in [9.17, 15) is 9.59 Å². The lowest BCUT2D eigenvalue weighted by Crippen LogP contribution is -2.16. The molecule has 1 rings (SSSR count). The quantitative estimate of drug-likeness (QED) is 0.837. The predicted molar refractivity (Wildman–Crippen MR) is 73.5 cm³/mol. The first-order valence-electron chi connectivity index (χ1n) is 5.28. The van der Waals surface area contributed by atoms with Crippen molar-refractivity contribution in [2.24, 2.45) is 0 Å².